The van der Waals surface area contributed by atoms with Gasteiger partial charge in [-0.1, -0.05) is 35.8 Å². The number of halogens is 1. The quantitative estimate of drug-likeness (QED) is 0.479. The lowest BCUT2D eigenvalue weighted by Gasteiger charge is -2.22. The van der Waals surface area contributed by atoms with Crippen LogP contribution in [0.4, 0.5) is 0 Å². The van der Waals surface area contributed by atoms with Gasteiger partial charge in [-0.2, -0.15) is 0 Å². The van der Waals surface area contributed by atoms with Crippen LogP contribution >= 0.6 is 15.9 Å². The second-order valence-corrected chi connectivity index (χ2v) is 5.62. The Morgan fingerprint density at radius 2 is 2.18 bits per heavy atom. The van der Waals surface area contributed by atoms with E-state index >= 15 is 0 Å². The van der Waals surface area contributed by atoms with E-state index in [4.69, 9.17) is 15.9 Å². The Labute approximate surface area is 111 Å². The van der Waals surface area contributed by atoms with Gasteiger partial charge in [0.1, 0.15) is 5.75 Å². The molecule has 0 saturated heterocycles. The van der Waals surface area contributed by atoms with Gasteiger partial charge in [0.25, 0.3) is 0 Å². The zero-order valence-electron chi connectivity index (χ0n) is 10.3. The Hall–Kier alpha value is -1.03. The number of benzene rings is 1. The molecule has 0 heterocycles. The summed E-state index contributed by atoms with van der Waals surface area (Å²) in [5, 5.41) is 7.46. The van der Waals surface area contributed by atoms with Crippen molar-refractivity contribution in [1.29, 1.82) is 5.41 Å². The van der Waals surface area contributed by atoms with Gasteiger partial charge < -0.3 is 10.5 Å². The maximum Gasteiger partial charge on any atom is 0.120 e. The normalized spacial score (nSPS) is 11.2. The summed E-state index contributed by atoms with van der Waals surface area (Å²) in [6, 6.07) is 7.78. The van der Waals surface area contributed by atoms with Crippen LogP contribution < -0.4 is 10.5 Å². The smallest absolute Gasteiger partial charge is 0.120 e. The second-order valence-electron chi connectivity index (χ2n) is 4.71. The topological polar surface area (TPSA) is 59.1 Å². The van der Waals surface area contributed by atoms with Crippen LogP contribution in [0.2, 0.25) is 0 Å². The summed E-state index contributed by atoms with van der Waals surface area (Å²) in [6.07, 6.45) is 1.75. The van der Waals surface area contributed by atoms with Crippen LogP contribution in [0.3, 0.4) is 0 Å². The number of rotatable bonds is 6. The van der Waals surface area contributed by atoms with Crippen molar-refractivity contribution in [3.8, 4) is 5.75 Å². The summed E-state index contributed by atoms with van der Waals surface area (Å²) in [5.74, 6) is 1.10. The third kappa shape index (κ3) is 4.77. The fourth-order valence-corrected chi connectivity index (χ4v) is 1.77. The standard InChI is InChI=1S/C13H19BrN2O/c1-13(2,12(15)16)7-4-8-17-11-6-3-5-10(14)9-11/h3,5-6,9H,4,7-8H2,1-2H3,(H3,15,16). The molecule has 1 rings (SSSR count). The van der Waals surface area contributed by atoms with Crippen LogP contribution in [0.1, 0.15) is 26.7 Å². The molecule has 0 spiro atoms. The Bertz CT molecular complexity index is 391. The summed E-state index contributed by atoms with van der Waals surface area (Å²) in [4.78, 5) is 0. The molecule has 0 aromatic heterocycles. The van der Waals surface area contributed by atoms with Crippen molar-refractivity contribution >= 4 is 21.8 Å². The molecule has 0 radical (unpaired) electrons. The highest BCUT2D eigenvalue weighted by atomic mass is 79.9. The van der Waals surface area contributed by atoms with Crippen molar-refractivity contribution in [3.05, 3.63) is 28.7 Å². The summed E-state index contributed by atoms with van der Waals surface area (Å²) in [7, 11) is 0. The first-order chi connectivity index (χ1) is 7.92. The lowest BCUT2D eigenvalue weighted by atomic mass is 9.87. The minimum atomic E-state index is -0.235. The molecule has 0 amide bonds. The molecular weight excluding hydrogens is 280 g/mol. The van der Waals surface area contributed by atoms with Gasteiger partial charge in [-0.15, -0.1) is 0 Å². The third-order valence-electron chi connectivity index (χ3n) is 2.74. The second kappa shape index (κ2) is 6.05. The first-order valence-corrected chi connectivity index (χ1v) is 6.44. The van der Waals surface area contributed by atoms with Gasteiger partial charge in [-0.05, 0) is 31.0 Å². The van der Waals surface area contributed by atoms with Crippen molar-refractivity contribution in [3.63, 3.8) is 0 Å². The molecule has 0 unspecified atom stereocenters. The molecule has 4 heteroatoms. The monoisotopic (exact) mass is 298 g/mol. The molecule has 3 N–H and O–H groups in total. The molecule has 0 bridgehead atoms. The van der Waals surface area contributed by atoms with Crippen molar-refractivity contribution in [2.75, 3.05) is 6.61 Å². The van der Waals surface area contributed by atoms with E-state index in [1.54, 1.807) is 0 Å². The third-order valence-corrected chi connectivity index (χ3v) is 3.23. The molecule has 3 nitrogen and oxygen atoms in total. The molecule has 0 saturated carbocycles. The summed E-state index contributed by atoms with van der Waals surface area (Å²) >= 11 is 3.40. The number of hydrogen-bond donors (Lipinski definition) is 2. The first-order valence-electron chi connectivity index (χ1n) is 5.65. The lowest BCUT2D eigenvalue weighted by molar-refractivity contribution is 0.286. The minimum absolute atomic E-state index is 0.235. The van der Waals surface area contributed by atoms with Crippen molar-refractivity contribution in [2.45, 2.75) is 26.7 Å². The van der Waals surface area contributed by atoms with Gasteiger partial charge in [0, 0.05) is 9.89 Å². The van der Waals surface area contributed by atoms with E-state index in [1.165, 1.54) is 0 Å². The molecule has 0 aliphatic carbocycles. The number of nitrogens with two attached hydrogens (primary N) is 1. The van der Waals surface area contributed by atoms with Crippen LogP contribution in [0.15, 0.2) is 28.7 Å². The zero-order valence-corrected chi connectivity index (χ0v) is 11.9. The van der Waals surface area contributed by atoms with Gasteiger partial charge in [-0.3, -0.25) is 5.41 Å². The van der Waals surface area contributed by atoms with E-state index in [9.17, 15) is 0 Å². The van der Waals surface area contributed by atoms with Crippen molar-refractivity contribution in [1.82, 2.24) is 0 Å². The summed E-state index contributed by atoms with van der Waals surface area (Å²) in [6.45, 7) is 4.61. The van der Waals surface area contributed by atoms with Gasteiger partial charge in [0.2, 0.25) is 0 Å². The molecule has 94 valence electrons. The number of ether oxygens (including phenoxy) is 1. The van der Waals surface area contributed by atoms with Gasteiger partial charge in [0.05, 0.1) is 12.4 Å². The zero-order chi connectivity index (χ0) is 12.9. The van der Waals surface area contributed by atoms with E-state index in [0.29, 0.717) is 6.61 Å². The van der Waals surface area contributed by atoms with E-state index in [0.717, 1.165) is 23.1 Å². The minimum Gasteiger partial charge on any atom is -0.494 e. The number of nitrogens with one attached hydrogen (secondary N) is 1. The van der Waals surface area contributed by atoms with Crippen molar-refractivity contribution < 1.29 is 4.74 Å². The molecular formula is C13H19BrN2O. The predicted molar refractivity (Wildman–Crippen MR) is 74.6 cm³/mol. The van der Waals surface area contributed by atoms with Crippen LogP contribution in [0, 0.1) is 10.8 Å². The number of hydrogen-bond acceptors (Lipinski definition) is 2. The highest BCUT2D eigenvalue weighted by Gasteiger charge is 2.20. The first kappa shape index (κ1) is 14.0. The Morgan fingerprint density at radius 1 is 1.47 bits per heavy atom. The lowest BCUT2D eigenvalue weighted by Crippen LogP contribution is -2.31. The van der Waals surface area contributed by atoms with Crippen LogP contribution in [-0.2, 0) is 0 Å². The maximum absolute atomic E-state index is 7.46. The Balaban J connectivity index is 2.32. The maximum atomic E-state index is 7.46. The van der Waals surface area contributed by atoms with Gasteiger partial charge >= 0.3 is 0 Å². The fraction of sp³-hybridized carbons (Fsp3) is 0.462. The van der Waals surface area contributed by atoms with E-state index in [2.05, 4.69) is 15.9 Å². The molecule has 0 aliphatic rings. The molecule has 0 atom stereocenters. The summed E-state index contributed by atoms with van der Waals surface area (Å²) < 4.78 is 6.63. The van der Waals surface area contributed by atoms with E-state index < -0.39 is 0 Å². The number of amidine groups is 1. The van der Waals surface area contributed by atoms with Crippen LogP contribution in [0.25, 0.3) is 0 Å². The SMILES string of the molecule is CC(C)(CCCOc1cccc(Br)c1)C(=N)N. The average molecular weight is 299 g/mol. The van der Waals surface area contributed by atoms with Gasteiger partial charge in [0.15, 0.2) is 0 Å². The highest BCUT2D eigenvalue weighted by molar-refractivity contribution is 9.10. The van der Waals surface area contributed by atoms with Gasteiger partial charge in [-0.25, -0.2) is 0 Å². The molecule has 1 aromatic carbocycles. The van der Waals surface area contributed by atoms with E-state index in [-0.39, 0.29) is 11.3 Å². The predicted octanol–water partition coefficient (Wildman–Crippen LogP) is 3.57. The van der Waals surface area contributed by atoms with Crippen molar-refractivity contribution in [2.24, 2.45) is 11.1 Å². The molecule has 17 heavy (non-hydrogen) atoms. The van der Waals surface area contributed by atoms with Crippen LogP contribution in [-0.4, -0.2) is 12.4 Å². The molecule has 0 aliphatic heterocycles. The Kier molecular flexibility index (Phi) is 5.00. The molecule has 1 aromatic rings. The fourth-order valence-electron chi connectivity index (χ4n) is 1.40. The average Bonchev–Trinajstić information content (AvgIpc) is 2.24. The highest BCUT2D eigenvalue weighted by Crippen LogP contribution is 2.22. The van der Waals surface area contributed by atoms with E-state index in [1.807, 2.05) is 38.1 Å². The Morgan fingerprint density at radius 3 is 2.76 bits per heavy atom. The largest absolute Gasteiger partial charge is 0.494 e. The van der Waals surface area contributed by atoms with Crippen LogP contribution in [0.5, 0.6) is 5.75 Å². The summed E-state index contributed by atoms with van der Waals surface area (Å²) in [5.41, 5.74) is 5.28. The molecule has 0 fully saturated rings.